The van der Waals surface area contributed by atoms with Gasteiger partial charge in [0.05, 0.1) is 5.56 Å². The van der Waals surface area contributed by atoms with E-state index in [9.17, 15) is 22.8 Å². The number of imidazole rings is 1. The predicted molar refractivity (Wildman–Crippen MR) is 97.2 cm³/mol. The summed E-state index contributed by atoms with van der Waals surface area (Å²) in [6, 6.07) is 8.92. The number of aromatic nitrogens is 2. The molecule has 0 radical (unpaired) electrons. The molecule has 9 heteroatoms. The number of nitrogens with zero attached hydrogens (tertiary/aromatic N) is 2. The normalized spacial score (nSPS) is 11.4. The lowest BCUT2D eigenvalue weighted by molar-refractivity contribution is -0.137. The number of amides is 2. The van der Waals surface area contributed by atoms with Crippen molar-refractivity contribution in [1.82, 2.24) is 14.7 Å². The van der Waals surface area contributed by atoms with Crippen molar-refractivity contribution in [3.05, 3.63) is 65.5 Å². The van der Waals surface area contributed by atoms with E-state index in [1.165, 1.54) is 4.40 Å². The zero-order valence-corrected chi connectivity index (χ0v) is 14.9. The Morgan fingerprint density at radius 1 is 1.07 bits per heavy atom. The summed E-state index contributed by atoms with van der Waals surface area (Å²) in [6.07, 6.45) is -2.12. The number of benzene rings is 1. The Morgan fingerprint density at radius 3 is 2.43 bits per heavy atom. The third-order valence-corrected chi connectivity index (χ3v) is 3.99. The molecule has 0 aliphatic rings. The van der Waals surface area contributed by atoms with Gasteiger partial charge < -0.3 is 10.6 Å². The van der Waals surface area contributed by atoms with Gasteiger partial charge in [0.1, 0.15) is 5.65 Å². The molecule has 0 aliphatic heterocycles. The van der Waals surface area contributed by atoms with Crippen molar-refractivity contribution < 1.29 is 22.8 Å². The molecular weight excluding hydrogens is 373 g/mol. The van der Waals surface area contributed by atoms with Crippen LogP contribution in [0.15, 0.2) is 48.7 Å². The second-order valence-electron chi connectivity index (χ2n) is 6.02. The molecule has 0 unspecified atom stereocenters. The fourth-order valence-electron chi connectivity index (χ4n) is 2.61. The van der Waals surface area contributed by atoms with Crippen molar-refractivity contribution in [3.63, 3.8) is 0 Å². The topological polar surface area (TPSA) is 75.5 Å². The number of pyridine rings is 1. The van der Waals surface area contributed by atoms with E-state index in [2.05, 4.69) is 15.6 Å². The Morgan fingerprint density at radius 2 is 1.79 bits per heavy atom. The van der Waals surface area contributed by atoms with Crippen molar-refractivity contribution >= 4 is 23.3 Å². The van der Waals surface area contributed by atoms with E-state index in [1.54, 1.807) is 24.4 Å². The Kier molecular flexibility index (Phi) is 5.34. The largest absolute Gasteiger partial charge is 0.416 e. The van der Waals surface area contributed by atoms with E-state index in [0.717, 1.165) is 30.7 Å². The van der Waals surface area contributed by atoms with E-state index in [0.29, 0.717) is 12.2 Å². The van der Waals surface area contributed by atoms with Gasteiger partial charge in [-0.25, -0.2) is 4.98 Å². The zero-order valence-electron chi connectivity index (χ0n) is 14.9. The summed E-state index contributed by atoms with van der Waals surface area (Å²) in [7, 11) is 0. The van der Waals surface area contributed by atoms with E-state index < -0.39 is 23.6 Å². The number of rotatable bonds is 5. The maximum atomic E-state index is 12.7. The highest BCUT2D eigenvalue weighted by Crippen LogP contribution is 2.29. The van der Waals surface area contributed by atoms with Gasteiger partial charge in [0.25, 0.3) is 11.8 Å². The molecule has 0 spiro atoms. The number of hydrogen-bond donors (Lipinski definition) is 2. The van der Waals surface area contributed by atoms with Crippen molar-refractivity contribution in [2.75, 3.05) is 11.9 Å². The minimum absolute atomic E-state index is 0.0185. The van der Waals surface area contributed by atoms with Gasteiger partial charge in [-0.1, -0.05) is 13.0 Å². The molecule has 3 aromatic rings. The number of alkyl halides is 3. The quantitative estimate of drug-likeness (QED) is 0.697. The molecule has 0 atom stereocenters. The molecule has 2 heterocycles. The Hall–Kier alpha value is -3.36. The van der Waals surface area contributed by atoms with Crippen molar-refractivity contribution in [3.8, 4) is 0 Å². The summed E-state index contributed by atoms with van der Waals surface area (Å²) >= 11 is 0. The molecule has 0 saturated carbocycles. The number of fused-ring (bicyclic) bond motifs is 1. The average molecular weight is 390 g/mol. The van der Waals surface area contributed by atoms with E-state index in [-0.39, 0.29) is 17.1 Å². The lowest BCUT2D eigenvalue weighted by atomic mass is 10.1. The summed E-state index contributed by atoms with van der Waals surface area (Å²) in [5.74, 6) is -1.05. The van der Waals surface area contributed by atoms with Gasteiger partial charge in [-0.3, -0.25) is 14.0 Å². The molecule has 146 valence electrons. The Labute approximate surface area is 158 Å². The van der Waals surface area contributed by atoms with Gasteiger partial charge in [0.2, 0.25) is 0 Å². The molecule has 3 rings (SSSR count). The third-order valence-electron chi connectivity index (χ3n) is 3.99. The van der Waals surface area contributed by atoms with Crippen molar-refractivity contribution in [2.45, 2.75) is 19.5 Å². The number of halogens is 3. The number of carbonyl (C=O) groups excluding carboxylic acids is 2. The van der Waals surface area contributed by atoms with Crippen LogP contribution in [0.25, 0.3) is 5.65 Å². The second-order valence-corrected chi connectivity index (χ2v) is 6.02. The highest BCUT2D eigenvalue weighted by molar-refractivity contribution is 6.08. The van der Waals surface area contributed by atoms with Crippen LogP contribution in [0.5, 0.6) is 0 Å². The summed E-state index contributed by atoms with van der Waals surface area (Å²) in [5, 5.41) is 5.25. The monoisotopic (exact) mass is 390 g/mol. The highest BCUT2D eigenvalue weighted by atomic mass is 19.4. The van der Waals surface area contributed by atoms with Crippen LogP contribution in [0.2, 0.25) is 0 Å². The summed E-state index contributed by atoms with van der Waals surface area (Å²) < 4.78 is 39.5. The molecule has 2 aromatic heterocycles. The summed E-state index contributed by atoms with van der Waals surface area (Å²) in [6.45, 7) is 2.35. The van der Waals surface area contributed by atoms with Gasteiger partial charge in [-0.15, -0.1) is 0 Å². The first kappa shape index (κ1) is 19.4. The third kappa shape index (κ3) is 3.98. The van der Waals surface area contributed by atoms with Crippen molar-refractivity contribution in [2.24, 2.45) is 0 Å². The van der Waals surface area contributed by atoms with Crippen LogP contribution < -0.4 is 10.6 Å². The smallest absolute Gasteiger partial charge is 0.351 e. The second kappa shape index (κ2) is 7.71. The van der Waals surface area contributed by atoms with Gasteiger partial charge in [-0.05, 0) is 42.8 Å². The SMILES string of the molecule is CCCNC(=O)c1c(NC(=O)c2ccc(C(F)(F)F)cc2)nc2ccccn12. The van der Waals surface area contributed by atoms with Gasteiger partial charge in [-0.2, -0.15) is 13.2 Å². The zero-order chi connectivity index (χ0) is 20.3. The molecular formula is C19H17F3N4O2. The lowest BCUT2D eigenvalue weighted by Gasteiger charge is -2.09. The van der Waals surface area contributed by atoms with E-state index >= 15 is 0 Å². The maximum absolute atomic E-state index is 12.7. The number of nitrogens with one attached hydrogen (secondary N) is 2. The first-order valence-electron chi connectivity index (χ1n) is 8.55. The fraction of sp³-hybridized carbons (Fsp3) is 0.211. The molecule has 28 heavy (non-hydrogen) atoms. The molecule has 0 bridgehead atoms. The molecule has 0 fully saturated rings. The van der Waals surface area contributed by atoms with Crippen LogP contribution in [0.1, 0.15) is 39.8 Å². The first-order valence-corrected chi connectivity index (χ1v) is 8.55. The highest BCUT2D eigenvalue weighted by Gasteiger charge is 2.30. The Balaban J connectivity index is 1.91. The number of anilines is 1. The number of hydrogen-bond acceptors (Lipinski definition) is 3. The summed E-state index contributed by atoms with van der Waals surface area (Å²) in [5.41, 5.74) is -0.238. The van der Waals surface area contributed by atoms with Gasteiger partial charge in [0.15, 0.2) is 11.5 Å². The van der Waals surface area contributed by atoms with Crippen LogP contribution in [0.4, 0.5) is 19.0 Å². The van der Waals surface area contributed by atoms with Crippen LogP contribution in [-0.4, -0.2) is 27.7 Å². The van der Waals surface area contributed by atoms with Crippen LogP contribution >= 0.6 is 0 Å². The number of carbonyl (C=O) groups is 2. The molecule has 1 aromatic carbocycles. The fourth-order valence-corrected chi connectivity index (χ4v) is 2.61. The molecule has 2 N–H and O–H groups in total. The molecule has 6 nitrogen and oxygen atoms in total. The van der Waals surface area contributed by atoms with E-state index in [4.69, 9.17) is 0 Å². The lowest BCUT2D eigenvalue weighted by Crippen LogP contribution is -2.27. The first-order chi connectivity index (χ1) is 13.3. The maximum Gasteiger partial charge on any atom is 0.416 e. The minimum Gasteiger partial charge on any atom is -0.351 e. The van der Waals surface area contributed by atoms with Gasteiger partial charge in [0, 0.05) is 18.3 Å². The molecule has 0 aliphatic carbocycles. The predicted octanol–water partition coefficient (Wildman–Crippen LogP) is 3.75. The van der Waals surface area contributed by atoms with Crippen LogP contribution in [0, 0.1) is 0 Å². The molecule has 0 saturated heterocycles. The summed E-state index contributed by atoms with van der Waals surface area (Å²) in [4.78, 5) is 29.2. The molecule has 2 amide bonds. The van der Waals surface area contributed by atoms with Gasteiger partial charge >= 0.3 is 6.18 Å². The standard InChI is InChI=1S/C19H17F3N4O2/c1-2-10-23-18(28)15-16(24-14-5-3-4-11-26(14)15)25-17(27)12-6-8-13(9-7-12)19(20,21)22/h3-9,11H,2,10H2,1H3,(H,23,28)(H,25,27). The van der Waals surface area contributed by atoms with Crippen LogP contribution in [0.3, 0.4) is 0 Å². The minimum atomic E-state index is -4.48. The van der Waals surface area contributed by atoms with Crippen molar-refractivity contribution in [1.29, 1.82) is 0 Å². The average Bonchev–Trinajstić information content (AvgIpc) is 3.03. The Bertz CT molecular complexity index is 1010. The van der Waals surface area contributed by atoms with E-state index in [1.807, 2.05) is 6.92 Å². The van der Waals surface area contributed by atoms with Crippen LogP contribution in [-0.2, 0) is 6.18 Å².